The van der Waals surface area contributed by atoms with E-state index in [1.807, 2.05) is 13.0 Å². The fourth-order valence-corrected chi connectivity index (χ4v) is 1.83. The van der Waals surface area contributed by atoms with Gasteiger partial charge in [-0.15, -0.1) is 0 Å². The maximum absolute atomic E-state index is 12.0. The van der Waals surface area contributed by atoms with Crippen LogP contribution in [0.4, 0.5) is 0 Å². The van der Waals surface area contributed by atoms with E-state index in [-0.39, 0.29) is 12.2 Å². The van der Waals surface area contributed by atoms with E-state index in [0.29, 0.717) is 18.4 Å². The Hall–Kier alpha value is -2.32. The topological polar surface area (TPSA) is 63.6 Å². The quantitative estimate of drug-likeness (QED) is 0.471. The van der Waals surface area contributed by atoms with Gasteiger partial charge in [-0.2, -0.15) is 0 Å². The molecule has 0 aliphatic heterocycles. The Morgan fingerprint density at radius 1 is 1.35 bits per heavy atom. The van der Waals surface area contributed by atoms with E-state index in [0.717, 1.165) is 0 Å². The van der Waals surface area contributed by atoms with Gasteiger partial charge in [0.15, 0.2) is 5.76 Å². The van der Waals surface area contributed by atoms with Gasteiger partial charge in [0.25, 0.3) is 0 Å². The molecule has 0 aliphatic carbocycles. The number of carboxylic acids is 1. The molecule has 1 unspecified atom stereocenters. The van der Waals surface area contributed by atoms with E-state index in [4.69, 9.17) is 9.84 Å². The first-order chi connectivity index (χ1) is 9.58. The summed E-state index contributed by atoms with van der Waals surface area (Å²) in [5, 5.41) is 8.83. The van der Waals surface area contributed by atoms with Crippen molar-refractivity contribution in [3.63, 3.8) is 0 Å². The molecule has 0 saturated heterocycles. The molecule has 0 bridgehead atoms. The Kier molecular flexibility index (Phi) is 6.27. The van der Waals surface area contributed by atoms with Crippen molar-refractivity contribution in [1.82, 2.24) is 0 Å². The lowest BCUT2D eigenvalue weighted by Crippen LogP contribution is -2.20. The van der Waals surface area contributed by atoms with Crippen LogP contribution in [0, 0.1) is 5.92 Å². The minimum Gasteiger partial charge on any atom is -0.481 e. The molecular formula is C16H18O4. The average Bonchev–Trinajstić information content (AvgIpc) is 2.44. The minimum atomic E-state index is -1.01. The zero-order valence-electron chi connectivity index (χ0n) is 11.5. The van der Waals surface area contributed by atoms with Crippen LogP contribution < -0.4 is 0 Å². The lowest BCUT2D eigenvalue weighted by molar-refractivity contribution is -0.148. The lowest BCUT2D eigenvalue weighted by Gasteiger charge is -2.14. The SMILES string of the molecule is C=C=C(OC(=O)C(CCC)CC(=O)O)c1ccccc1. The van der Waals surface area contributed by atoms with Crippen molar-refractivity contribution < 1.29 is 19.4 Å². The Labute approximate surface area is 118 Å². The fourth-order valence-electron chi connectivity index (χ4n) is 1.83. The summed E-state index contributed by atoms with van der Waals surface area (Å²) >= 11 is 0. The van der Waals surface area contributed by atoms with Crippen molar-refractivity contribution in [3.8, 4) is 0 Å². The monoisotopic (exact) mass is 274 g/mol. The van der Waals surface area contributed by atoms with Crippen LogP contribution >= 0.6 is 0 Å². The molecule has 0 spiro atoms. The van der Waals surface area contributed by atoms with Crippen LogP contribution in [0.3, 0.4) is 0 Å². The third-order valence-corrected chi connectivity index (χ3v) is 2.79. The Morgan fingerprint density at radius 2 is 2.00 bits per heavy atom. The molecule has 0 amide bonds. The Morgan fingerprint density at radius 3 is 2.50 bits per heavy atom. The highest BCUT2D eigenvalue weighted by Gasteiger charge is 2.23. The van der Waals surface area contributed by atoms with E-state index in [9.17, 15) is 9.59 Å². The molecule has 0 heterocycles. The van der Waals surface area contributed by atoms with Crippen LogP contribution in [0.25, 0.3) is 5.76 Å². The van der Waals surface area contributed by atoms with Gasteiger partial charge in [-0.25, -0.2) is 0 Å². The van der Waals surface area contributed by atoms with E-state index in [1.54, 1.807) is 24.3 Å². The van der Waals surface area contributed by atoms with Crippen molar-refractivity contribution in [3.05, 3.63) is 48.2 Å². The maximum atomic E-state index is 12.0. The summed E-state index contributed by atoms with van der Waals surface area (Å²) in [5.74, 6) is -1.99. The van der Waals surface area contributed by atoms with Gasteiger partial charge in [0.1, 0.15) is 0 Å². The summed E-state index contributed by atoms with van der Waals surface area (Å²) in [5.41, 5.74) is 3.26. The van der Waals surface area contributed by atoms with Gasteiger partial charge < -0.3 is 9.84 Å². The van der Waals surface area contributed by atoms with Gasteiger partial charge in [-0.05, 0) is 6.42 Å². The largest absolute Gasteiger partial charge is 0.481 e. The molecule has 4 nitrogen and oxygen atoms in total. The van der Waals surface area contributed by atoms with E-state index >= 15 is 0 Å². The minimum absolute atomic E-state index is 0.224. The van der Waals surface area contributed by atoms with Crippen molar-refractivity contribution in [1.29, 1.82) is 0 Å². The lowest BCUT2D eigenvalue weighted by atomic mass is 10.00. The molecule has 0 fully saturated rings. The third-order valence-electron chi connectivity index (χ3n) is 2.79. The smallest absolute Gasteiger partial charge is 0.315 e. The second-order valence-electron chi connectivity index (χ2n) is 4.38. The Bertz CT molecular complexity index is 513. The summed E-state index contributed by atoms with van der Waals surface area (Å²) in [6.45, 7) is 5.39. The summed E-state index contributed by atoms with van der Waals surface area (Å²) < 4.78 is 5.24. The molecule has 0 saturated carbocycles. The van der Waals surface area contributed by atoms with Crippen molar-refractivity contribution in [2.75, 3.05) is 0 Å². The normalized spacial score (nSPS) is 11.2. The molecule has 106 valence electrons. The number of aliphatic carboxylic acids is 1. The first-order valence-electron chi connectivity index (χ1n) is 6.47. The van der Waals surface area contributed by atoms with Gasteiger partial charge in [0.2, 0.25) is 0 Å². The van der Waals surface area contributed by atoms with Crippen LogP contribution in [0.2, 0.25) is 0 Å². The van der Waals surface area contributed by atoms with E-state index in [2.05, 4.69) is 12.3 Å². The number of rotatable bonds is 7. The summed E-state index contributed by atoms with van der Waals surface area (Å²) in [7, 11) is 0. The van der Waals surface area contributed by atoms with Crippen LogP contribution in [-0.2, 0) is 14.3 Å². The van der Waals surface area contributed by atoms with Gasteiger partial charge >= 0.3 is 11.9 Å². The van der Waals surface area contributed by atoms with Crippen molar-refractivity contribution >= 4 is 17.7 Å². The predicted molar refractivity (Wildman–Crippen MR) is 75.7 cm³/mol. The number of carbonyl (C=O) groups excluding carboxylic acids is 1. The Balaban J connectivity index is 2.81. The van der Waals surface area contributed by atoms with Crippen molar-refractivity contribution in [2.24, 2.45) is 5.92 Å². The molecule has 1 atom stereocenters. The molecule has 20 heavy (non-hydrogen) atoms. The number of hydrogen-bond donors (Lipinski definition) is 1. The van der Waals surface area contributed by atoms with Gasteiger partial charge in [0.05, 0.1) is 12.3 Å². The van der Waals surface area contributed by atoms with Gasteiger partial charge in [0, 0.05) is 5.56 Å². The molecule has 1 aromatic rings. The number of carboxylic acid groups (broad SMARTS) is 1. The fraction of sp³-hybridized carbons (Fsp3) is 0.312. The number of hydrogen-bond acceptors (Lipinski definition) is 3. The predicted octanol–water partition coefficient (Wildman–Crippen LogP) is 3.25. The van der Waals surface area contributed by atoms with Crippen molar-refractivity contribution in [2.45, 2.75) is 26.2 Å². The standard InChI is InChI=1S/C16H18O4/c1-3-8-13(11-15(17)18)16(19)20-14(4-2)12-9-6-5-7-10-12/h5-7,9-10,13H,2-3,8,11H2,1H3,(H,17,18). The second-order valence-corrected chi connectivity index (χ2v) is 4.38. The number of esters is 1. The molecule has 4 heteroatoms. The molecule has 0 aromatic heterocycles. The molecule has 1 N–H and O–H groups in total. The first kappa shape index (κ1) is 15.7. The van der Waals surface area contributed by atoms with Crippen LogP contribution in [0.5, 0.6) is 0 Å². The molecule has 0 radical (unpaired) electrons. The van der Waals surface area contributed by atoms with Gasteiger partial charge in [-0.1, -0.05) is 56.0 Å². The van der Waals surface area contributed by atoms with Crippen LogP contribution in [0.1, 0.15) is 31.7 Å². The van der Waals surface area contributed by atoms with E-state index < -0.39 is 17.9 Å². The summed E-state index contributed by atoms with van der Waals surface area (Å²) in [6.07, 6.45) is 0.960. The molecule has 1 rings (SSSR count). The van der Waals surface area contributed by atoms with Crippen LogP contribution in [-0.4, -0.2) is 17.0 Å². The summed E-state index contributed by atoms with van der Waals surface area (Å²) in [6, 6.07) is 9.00. The highest BCUT2D eigenvalue weighted by atomic mass is 16.5. The number of ether oxygens (including phenoxy) is 1. The number of benzene rings is 1. The molecule has 0 aliphatic rings. The third kappa shape index (κ3) is 4.75. The average molecular weight is 274 g/mol. The van der Waals surface area contributed by atoms with Gasteiger partial charge in [-0.3, -0.25) is 9.59 Å². The highest BCUT2D eigenvalue weighted by molar-refractivity contribution is 5.83. The molecular weight excluding hydrogens is 256 g/mol. The molecule has 1 aromatic carbocycles. The van der Waals surface area contributed by atoms with E-state index in [1.165, 1.54) is 0 Å². The maximum Gasteiger partial charge on any atom is 0.315 e. The zero-order valence-corrected chi connectivity index (χ0v) is 11.5. The second kappa shape index (κ2) is 7.97. The number of carbonyl (C=O) groups is 2. The highest BCUT2D eigenvalue weighted by Crippen LogP contribution is 2.20. The zero-order chi connectivity index (χ0) is 15.0. The first-order valence-corrected chi connectivity index (χ1v) is 6.47. The summed E-state index contributed by atoms with van der Waals surface area (Å²) in [4.78, 5) is 22.8. The van der Waals surface area contributed by atoms with Crippen LogP contribution in [0.15, 0.2) is 42.6 Å².